The first kappa shape index (κ1) is 22.5. The lowest BCUT2D eigenvalue weighted by Gasteiger charge is -2.22. The molecule has 0 radical (unpaired) electrons. The first-order valence-corrected chi connectivity index (χ1v) is 9.83. The number of rotatable bonds is 5. The van der Waals surface area contributed by atoms with Crippen LogP contribution in [-0.4, -0.2) is 17.1 Å². The van der Waals surface area contributed by atoms with E-state index in [1.54, 1.807) is 25.1 Å². The molecule has 0 bridgehead atoms. The number of carbonyl (C=O) groups excluding carboxylic acids is 1. The number of nitrogens with one attached hydrogen (secondary N) is 1. The number of amides is 1. The molecule has 7 heteroatoms. The molecule has 1 aromatic heterocycles. The molecule has 1 amide bonds. The van der Waals surface area contributed by atoms with Crippen molar-refractivity contribution in [3.8, 4) is 0 Å². The third-order valence-electron chi connectivity index (χ3n) is 5.05. The van der Waals surface area contributed by atoms with Gasteiger partial charge in [-0.15, -0.1) is 0 Å². The monoisotopic (exact) mass is 430 g/mol. The molecule has 0 saturated heterocycles. The standard InChI is InChI=1S/C24H22F4N2O/c1-16-8-9-17(15-18-10-12-19(25)13-11-18)5-4-6-20(16)23(31)30-22(24(26,27)28)21-7-2-3-14-29-21/h2-7,10-14,22H,8-9,15H2,1H3,(H,30,31)/t22-/m1/s1. The molecule has 3 nitrogen and oxygen atoms in total. The molecule has 0 spiro atoms. The van der Waals surface area contributed by atoms with Crippen LogP contribution >= 0.6 is 0 Å². The molecule has 0 fully saturated rings. The molecule has 3 rings (SSSR count). The lowest BCUT2D eigenvalue weighted by Crippen LogP contribution is -2.39. The number of nitrogens with zero attached hydrogens (tertiary/aromatic N) is 1. The molecular formula is C24H22F4N2O. The van der Waals surface area contributed by atoms with Crippen LogP contribution in [0.3, 0.4) is 0 Å². The van der Waals surface area contributed by atoms with Crippen LogP contribution in [0.2, 0.25) is 0 Å². The number of hydrogen-bond donors (Lipinski definition) is 1. The molecule has 1 aromatic carbocycles. The van der Waals surface area contributed by atoms with Crippen LogP contribution in [0.5, 0.6) is 0 Å². The normalized spacial score (nSPS) is 15.7. The number of alkyl halides is 3. The minimum absolute atomic E-state index is 0.210. The quantitative estimate of drug-likeness (QED) is 0.612. The van der Waals surface area contributed by atoms with Crippen molar-refractivity contribution >= 4 is 5.91 Å². The lowest BCUT2D eigenvalue weighted by atomic mass is 9.94. The molecule has 31 heavy (non-hydrogen) atoms. The fourth-order valence-electron chi connectivity index (χ4n) is 3.35. The van der Waals surface area contributed by atoms with Gasteiger partial charge in [0.2, 0.25) is 0 Å². The Morgan fingerprint density at radius 1 is 1.13 bits per heavy atom. The van der Waals surface area contributed by atoms with Crippen molar-refractivity contribution in [3.63, 3.8) is 0 Å². The summed E-state index contributed by atoms with van der Waals surface area (Å²) in [5, 5.41) is 2.09. The van der Waals surface area contributed by atoms with E-state index in [4.69, 9.17) is 0 Å². The van der Waals surface area contributed by atoms with Gasteiger partial charge in [0.25, 0.3) is 5.91 Å². The zero-order chi connectivity index (χ0) is 22.4. The highest BCUT2D eigenvalue weighted by Crippen LogP contribution is 2.32. The van der Waals surface area contributed by atoms with E-state index in [0.717, 1.165) is 11.1 Å². The van der Waals surface area contributed by atoms with Gasteiger partial charge in [-0.05, 0) is 62.1 Å². The second-order valence-corrected chi connectivity index (χ2v) is 7.38. The highest BCUT2D eigenvalue weighted by Gasteiger charge is 2.43. The van der Waals surface area contributed by atoms with Crippen molar-refractivity contribution in [3.05, 3.63) is 101 Å². The summed E-state index contributed by atoms with van der Waals surface area (Å²) < 4.78 is 53.7. The summed E-state index contributed by atoms with van der Waals surface area (Å²) in [6, 6.07) is 8.24. The molecule has 2 aromatic rings. The molecule has 1 aliphatic rings. The minimum atomic E-state index is -4.67. The van der Waals surface area contributed by atoms with E-state index in [0.29, 0.717) is 24.8 Å². The number of benzene rings is 1. The average Bonchev–Trinajstić information content (AvgIpc) is 2.72. The van der Waals surface area contributed by atoms with Crippen molar-refractivity contribution < 1.29 is 22.4 Å². The molecule has 1 atom stereocenters. The van der Waals surface area contributed by atoms with Crippen LogP contribution in [0.25, 0.3) is 0 Å². The molecule has 0 unspecified atom stereocenters. The highest BCUT2D eigenvalue weighted by molar-refractivity contribution is 5.97. The van der Waals surface area contributed by atoms with Crippen molar-refractivity contribution in [2.45, 2.75) is 38.4 Å². The summed E-state index contributed by atoms with van der Waals surface area (Å²) in [5.74, 6) is -1.09. The summed E-state index contributed by atoms with van der Waals surface area (Å²) in [5.41, 5.74) is 2.69. The van der Waals surface area contributed by atoms with Crippen molar-refractivity contribution in [1.29, 1.82) is 0 Å². The molecule has 1 N–H and O–H groups in total. The number of pyridine rings is 1. The van der Waals surface area contributed by atoms with E-state index in [1.165, 1.54) is 42.6 Å². The number of aromatic nitrogens is 1. The highest BCUT2D eigenvalue weighted by atomic mass is 19.4. The first-order chi connectivity index (χ1) is 14.7. The van der Waals surface area contributed by atoms with Gasteiger partial charge in [-0.25, -0.2) is 4.39 Å². The Labute approximate surface area is 178 Å². The molecule has 162 valence electrons. The van der Waals surface area contributed by atoms with E-state index >= 15 is 0 Å². The lowest BCUT2D eigenvalue weighted by molar-refractivity contribution is -0.163. The Bertz CT molecular complexity index is 1010. The van der Waals surface area contributed by atoms with Crippen LogP contribution in [0.4, 0.5) is 17.6 Å². The molecule has 0 aliphatic heterocycles. The van der Waals surface area contributed by atoms with Crippen molar-refractivity contribution in [1.82, 2.24) is 10.3 Å². The van der Waals surface area contributed by atoms with Gasteiger partial charge in [-0.1, -0.05) is 41.5 Å². The van der Waals surface area contributed by atoms with Crippen molar-refractivity contribution in [2.75, 3.05) is 0 Å². The maximum absolute atomic E-state index is 13.5. The minimum Gasteiger partial charge on any atom is -0.335 e. The van der Waals surface area contributed by atoms with Crippen LogP contribution in [-0.2, 0) is 11.2 Å². The second-order valence-electron chi connectivity index (χ2n) is 7.38. The van der Waals surface area contributed by atoms with Crippen molar-refractivity contribution in [2.24, 2.45) is 0 Å². The van der Waals surface area contributed by atoms with Gasteiger partial charge in [0.15, 0.2) is 6.04 Å². The topological polar surface area (TPSA) is 42.0 Å². The summed E-state index contributed by atoms with van der Waals surface area (Å²) >= 11 is 0. The Morgan fingerprint density at radius 2 is 1.87 bits per heavy atom. The predicted octanol–water partition coefficient (Wildman–Crippen LogP) is 5.78. The Balaban J connectivity index is 1.75. The van der Waals surface area contributed by atoms with E-state index in [-0.39, 0.29) is 17.1 Å². The zero-order valence-corrected chi connectivity index (χ0v) is 16.9. The fourth-order valence-corrected chi connectivity index (χ4v) is 3.35. The molecule has 1 heterocycles. The van der Waals surface area contributed by atoms with Gasteiger partial charge in [0, 0.05) is 11.8 Å². The first-order valence-electron chi connectivity index (χ1n) is 9.83. The van der Waals surface area contributed by atoms with Gasteiger partial charge in [-0.3, -0.25) is 9.78 Å². The number of carbonyl (C=O) groups is 1. The van der Waals surface area contributed by atoms with Crippen LogP contribution in [0, 0.1) is 5.82 Å². The fraction of sp³-hybridized carbons (Fsp3) is 0.250. The maximum Gasteiger partial charge on any atom is 0.414 e. The summed E-state index contributed by atoms with van der Waals surface area (Å²) in [6.45, 7) is 1.74. The van der Waals surface area contributed by atoms with Crippen LogP contribution in [0.1, 0.15) is 37.1 Å². The Hall–Kier alpha value is -3.22. The summed E-state index contributed by atoms with van der Waals surface area (Å²) in [4.78, 5) is 16.5. The van der Waals surface area contributed by atoms with Crippen LogP contribution in [0.15, 0.2) is 83.6 Å². The van der Waals surface area contributed by atoms with Gasteiger partial charge in [-0.2, -0.15) is 13.2 Å². The van der Waals surface area contributed by atoms with E-state index in [1.807, 2.05) is 6.08 Å². The zero-order valence-electron chi connectivity index (χ0n) is 16.9. The molecular weight excluding hydrogens is 408 g/mol. The third-order valence-corrected chi connectivity index (χ3v) is 5.05. The summed E-state index contributed by atoms with van der Waals surface area (Å²) in [6.07, 6.45) is 3.44. The largest absolute Gasteiger partial charge is 0.414 e. The number of hydrogen-bond acceptors (Lipinski definition) is 2. The van der Waals surface area contributed by atoms with Gasteiger partial charge < -0.3 is 5.32 Å². The Morgan fingerprint density at radius 3 is 2.52 bits per heavy atom. The smallest absolute Gasteiger partial charge is 0.335 e. The van der Waals surface area contributed by atoms with Gasteiger partial charge >= 0.3 is 6.18 Å². The summed E-state index contributed by atoms with van der Waals surface area (Å²) in [7, 11) is 0. The molecule has 0 saturated carbocycles. The Kier molecular flexibility index (Phi) is 7.05. The average molecular weight is 430 g/mol. The number of allylic oxidation sites excluding steroid dienone is 4. The maximum atomic E-state index is 13.5. The van der Waals surface area contributed by atoms with E-state index < -0.39 is 18.1 Å². The second kappa shape index (κ2) is 9.73. The molecule has 1 aliphatic carbocycles. The van der Waals surface area contributed by atoms with Gasteiger partial charge in [0.1, 0.15) is 5.82 Å². The van der Waals surface area contributed by atoms with E-state index in [9.17, 15) is 22.4 Å². The van der Waals surface area contributed by atoms with Gasteiger partial charge in [0.05, 0.1) is 5.69 Å². The van der Waals surface area contributed by atoms with Crippen LogP contribution < -0.4 is 5.32 Å². The third kappa shape index (κ3) is 6.13. The number of halogens is 4. The predicted molar refractivity (Wildman–Crippen MR) is 110 cm³/mol. The van der Waals surface area contributed by atoms with E-state index in [2.05, 4.69) is 10.3 Å². The SMILES string of the molecule is CC1=C(C(=O)N[C@H](c2ccccn2)C(F)(F)F)C=CC=C(Cc2ccc(F)cc2)CC1.